The summed E-state index contributed by atoms with van der Waals surface area (Å²) < 4.78 is 11.0. The van der Waals surface area contributed by atoms with Gasteiger partial charge in [-0.1, -0.05) is 60.7 Å². The van der Waals surface area contributed by atoms with Crippen molar-refractivity contribution in [2.75, 3.05) is 13.2 Å². The topological polar surface area (TPSA) is 59.1 Å². The highest BCUT2D eigenvalue weighted by Gasteiger charge is 2.48. The van der Waals surface area contributed by atoms with E-state index in [4.69, 9.17) is 9.47 Å². The fourth-order valence-electron chi connectivity index (χ4n) is 4.79. The Morgan fingerprint density at radius 1 is 1.03 bits per heavy atom. The molecule has 2 fully saturated rings. The zero-order valence-electron chi connectivity index (χ0n) is 16.6. The summed E-state index contributed by atoms with van der Waals surface area (Å²) in [5.41, 5.74) is 1.17. The van der Waals surface area contributed by atoms with Crippen LogP contribution >= 0.6 is 0 Å². The molecule has 2 aromatic carbocycles. The van der Waals surface area contributed by atoms with Crippen LogP contribution in [0.25, 0.3) is 0 Å². The number of ether oxygens (including phenoxy) is 2. The molecule has 2 aromatic rings. The average molecular weight is 404 g/mol. The minimum absolute atomic E-state index is 0.0374. The molecule has 0 aromatic heterocycles. The Balaban J connectivity index is 1.35. The molecular weight excluding hydrogens is 380 g/mol. The Morgan fingerprint density at radius 2 is 1.77 bits per heavy atom. The SMILES string of the molecule is O=C(Oc1ccccc1)N1C[C@H]2C=C[C@H]1[C@H](N1C(=O)OC[C@@H]1Cc1ccccc1)C2. The van der Waals surface area contributed by atoms with Crippen molar-refractivity contribution in [2.24, 2.45) is 5.92 Å². The van der Waals surface area contributed by atoms with Crippen molar-refractivity contribution in [3.8, 4) is 5.75 Å². The van der Waals surface area contributed by atoms with Crippen LogP contribution in [0.4, 0.5) is 9.59 Å². The fourth-order valence-corrected chi connectivity index (χ4v) is 4.79. The number of fused-ring (bicyclic) bond motifs is 2. The van der Waals surface area contributed by atoms with Gasteiger partial charge in [-0.2, -0.15) is 0 Å². The molecule has 0 spiro atoms. The summed E-state index contributed by atoms with van der Waals surface area (Å²) in [6.45, 7) is 0.982. The van der Waals surface area contributed by atoms with Crippen molar-refractivity contribution in [3.63, 3.8) is 0 Å². The molecule has 3 heterocycles. The number of hydrogen-bond donors (Lipinski definition) is 0. The normalized spacial score (nSPS) is 27.3. The number of para-hydroxylation sites is 1. The molecule has 0 N–H and O–H groups in total. The monoisotopic (exact) mass is 404 g/mol. The van der Waals surface area contributed by atoms with Crippen LogP contribution < -0.4 is 4.74 Å². The highest BCUT2D eigenvalue weighted by Crippen LogP contribution is 2.36. The van der Waals surface area contributed by atoms with Gasteiger partial charge < -0.3 is 9.47 Å². The summed E-state index contributed by atoms with van der Waals surface area (Å²) in [4.78, 5) is 29.2. The summed E-state index contributed by atoms with van der Waals surface area (Å²) in [6.07, 6.45) is 5.09. The van der Waals surface area contributed by atoms with Crippen LogP contribution in [-0.4, -0.2) is 53.3 Å². The molecule has 2 saturated heterocycles. The lowest BCUT2D eigenvalue weighted by atomic mass is 9.81. The largest absolute Gasteiger partial charge is 0.447 e. The molecule has 0 unspecified atom stereocenters. The summed E-state index contributed by atoms with van der Waals surface area (Å²) in [7, 11) is 0. The zero-order valence-corrected chi connectivity index (χ0v) is 16.6. The first-order valence-corrected chi connectivity index (χ1v) is 10.4. The molecule has 3 aliphatic heterocycles. The van der Waals surface area contributed by atoms with Crippen LogP contribution in [0.15, 0.2) is 72.8 Å². The number of benzene rings is 2. The maximum absolute atomic E-state index is 12.9. The van der Waals surface area contributed by atoms with Gasteiger partial charge in [0.1, 0.15) is 12.4 Å². The van der Waals surface area contributed by atoms with E-state index in [0.717, 1.165) is 12.8 Å². The van der Waals surface area contributed by atoms with Gasteiger partial charge in [-0.05, 0) is 36.5 Å². The third-order valence-electron chi connectivity index (χ3n) is 6.17. The van der Waals surface area contributed by atoms with Crippen LogP contribution in [0.2, 0.25) is 0 Å². The lowest BCUT2D eigenvalue weighted by molar-refractivity contribution is 0.0453. The third kappa shape index (κ3) is 3.54. The number of amides is 2. The second kappa shape index (κ2) is 7.86. The second-order valence-electron chi connectivity index (χ2n) is 8.10. The number of cyclic esters (lactones) is 1. The molecule has 30 heavy (non-hydrogen) atoms. The number of nitrogens with zero attached hydrogens (tertiary/aromatic N) is 2. The van der Waals surface area contributed by atoms with Crippen molar-refractivity contribution in [1.29, 1.82) is 0 Å². The third-order valence-corrected chi connectivity index (χ3v) is 6.17. The van der Waals surface area contributed by atoms with E-state index < -0.39 is 0 Å². The van der Waals surface area contributed by atoms with Gasteiger partial charge in [0, 0.05) is 6.54 Å². The first-order valence-electron chi connectivity index (χ1n) is 10.4. The summed E-state index contributed by atoms with van der Waals surface area (Å²) in [5, 5.41) is 0. The molecule has 0 saturated carbocycles. The molecule has 6 rings (SSSR count). The molecule has 4 aliphatic rings. The van der Waals surface area contributed by atoms with E-state index in [-0.39, 0.29) is 36.2 Å². The minimum Gasteiger partial charge on any atom is -0.447 e. The van der Waals surface area contributed by atoms with Gasteiger partial charge in [0.05, 0.1) is 18.1 Å². The molecule has 0 radical (unpaired) electrons. The van der Waals surface area contributed by atoms with Crippen molar-refractivity contribution in [3.05, 3.63) is 78.4 Å². The lowest BCUT2D eigenvalue weighted by Crippen LogP contribution is -2.62. The van der Waals surface area contributed by atoms with E-state index in [2.05, 4.69) is 18.2 Å². The van der Waals surface area contributed by atoms with Gasteiger partial charge in [-0.15, -0.1) is 0 Å². The standard InChI is InChI=1S/C24H24N2O4/c27-23(30-20-9-5-2-6-10-20)25-15-18-11-12-21(25)22(14-18)26-19(16-29-24(26)28)13-17-7-3-1-4-8-17/h1-12,18-19,21-22H,13-16H2/t18-,19-,21-,22+/m0/s1. The van der Waals surface area contributed by atoms with E-state index in [1.54, 1.807) is 17.0 Å². The smallest absolute Gasteiger partial charge is 0.415 e. The molecule has 4 atom stereocenters. The Morgan fingerprint density at radius 3 is 2.50 bits per heavy atom. The Bertz CT molecular complexity index is 946. The van der Waals surface area contributed by atoms with Gasteiger partial charge >= 0.3 is 12.2 Å². The Kier molecular flexibility index (Phi) is 4.91. The molecule has 1 aliphatic carbocycles. The predicted octanol–water partition coefficient (Wildman–Crippen LogP) is 3.88. The highest BCUT2D eigenvalue weighted by atomic mass is 16.6. The van der Waals surface area contributed by atoms with Crippen LogP contribution in [0.5, 0.6) is 5.75 Å². The van der Waals surface area contributed by atoms with Crippen LogP contribution in [0.1, 0.15) is 12.0 Å². The van der Waals surface area contributed by atoms with Gasteiger partial charge in [-0.25, -0.2) is 9.59 Å². The van der Waals surface area contributed by atoms with Crippen molar-refractivity contribution >= 4 is 12.2 Å². The van der Waals surface area contributed by atoms with Crippen LogP contribution in [0.3, 0.4) is 0 Å². The molecule has 154 valence electrons. The number of carbonyl (C=O) groups is 2. The van der Waals surface area contributed by atoms with Gasteiger partial charge in [0.15, 0.2) is 0 Å². The lowest BCUT2D eigenvalue weighted by Gasteiger charge is -2.48. The highest BCUT2D eigenvalue weighted by molar-refractivity contribution is 5.74. The molecular formula is C24H24N2O4. The summed E-state index contributed by atoms with van der Waals surface area (Å²) in [5.74, 6) is 0.723. The van der Waals surface area contributed by atoms with E-state index in [0.29, 0.717) is 18.9 Å². The summed E-state index contributed by atoms with van der Waals surface area (Å²) in [6, 6.07) is 18.8. The van der Waals surface area contributed by atoms with E-state index in [9.17, 15) is 9.59 Å². The Hall–Kier alpha value is -3.28. The quantitative estimate of drug-likeness (QED) is 0.726. The number of hydrogen-bond acceptors (Lipinski definition) is 4. The van der Waals surface area contributed by atoms with Crippen molar-refractivity contribution in [1.82, 2.24) is 9.80 Å². The van der Waals surface area contributed by atoms with Crippen LogP contribution in [-0.2, 0) is 11.2 Å². The predicted molar refractivity (Wildman–Crippen MR) is 111 cm³/mol. The zero-order chi connectivity index (χ0) is 20.5. The number of rotatable bonds is 4. The maximum Gasteiger partial charge on any atom is 0.415 e. The fraction of sp³-hybridized carbons (Fsp3) is 0.333. The average Bonchev–Trinajstić information content (AvgIpc) is 3.15. The van der Waals surface area contributed by atoms with E-state index in [1.807, 2.05) is 47.4 Å². The van der Waals surface area contributed by atoms with Gasteiger partial charge in [-0.3, -0.25) is 9.80 Å². The first-order chi connectivity index (χ1) is 14.7. The van der Waals surface area contributed by atoms with E-state index >= 15 is 0 Å². The Labute approximate surface area is 175 Å². The minimum atomic E-state index is -0.377. The van der Waals surface area contributed by atoms with Crippen LogP contribution in [0, 0.1) is 5.92 Å². The maximum atomic E-state index is 12.9. The second-order valence-corrected chi connectivity index (χ2v) is 8.10. The molecule has 2 amide bonds. The van der Waals surface area contributed by atoms with Crippen molar-refractivity contribution in [2.45, 2.75) is 31.0 Å². The number of carbonyl (C=O) groups excluding carboxylic acids is 2. The van der Waals surface area contributed by atoms with Gasteiger partial charge in [0.2, 0.25) is 0 Å². The van der Waals surface area contributed by atoms with E-state index in [1.165, 1.54) is 5.56 Å². The molecule has 2 bridgehead atoms. The van der Waals surface area contributed by atoms with Gasteiger partial charge in [0.25, 0.3) is 0 Å². The molecule has 6 heteroatoms. The van der Waals surface area contributed by atoms with Crippen molar-refractivity contribution < 1.29 is 19.1 Å². The number of piperidine rings is 1. The summed E-state index contributed by atoms with van der Waals surface area (Å²) >= 11 is 0. The first kappa shape index (κ1) is 18.7. The molecule has 6 nitrogen and oxygen atoms in total.